The highest BCUT2D eigenvalue weighted by Gasteiger charge is 1.97. The number of nitrogens with one attached hydrogen (secondary N) is 1. The van der Waals surface area contributed by atoms with Gasteiger partial charge in [0.15, 0.2) is 0 Å². The van der Waals surface area contributed by atoms with Crippen LogP contribution in [0.25, 0.3) is 0 Å². The zero-order valence-electron chi connectivity index (χ0n) is 6.49. The molecule has 0 aromatic carbocycles. The predicted molar refractivity (Wildman–Crippen MR) is 44.2 cm³/mol. The van der Waals surface area contributed by atoms with Gasteiger partial charge in [-0.05, 0) is 13.0 Å². The van der Waals surface area contributed by atoms with Crippen LogP contribution >= 0.6 is 0 Å². The maximum atomic E-state index is 5.41. The average Bonchev–Trinajstić information content (AvgIpc) is 2.06. The fraction of sp³-hybridized carbons (Fsp3) is 0.429. The van der Waals surface area contributed by atoms with Crippen molar-refractivity contribution in [2.75, 3.05) is 11.9 Å². The molecule has 60 valence electrons. The third kappa shape index (κ3) is 2.51. The van der Waals surface area contributed by atoms with Crippen LogP contribution in [0.15, 0.2) is 18.6 Å². The van der Waals surface area contributed by atoms with E-state index in [1.54, 1.807) is 6.20 Å². The van der Waals surface area contributed by atoms with Crippen molar-refractivity contribution in [2.45, 2.75) is 13.0 Å². The van der Waals surface area contributed by atoms with E-state index in [0.29, 0.717) is 6.54 Å². The molecule has 11 heavy (non-hydrogen) atoms. The summed E-state index contributed by atoms with van der Waals surface area (Å²) in [6.07, 6.45) is 3.20. The number of hydrogen-bond acceptors (Lipinski definition) is 4. The summed E-state index contributed by atoms with van der Waals surface area (Å²) in [6.45, 7) is 2.60. The number of hydrogen-bond donors (Lipinski definition) is 2. The number of nitrogens with two attached hydrogens (primary N) is 1. The number of aromatic nitrogens is 2. The first-order valence-corrected chi connectivity index (χ1v) is 3.55. The van der Waals surface area contributed by atoms with Crippen molar-refractivity contribution < 1.29 is 0 Å². The Morgan fingerprint density at radius 3 is 3.09 bits per heavy atom. The van der Waals surface area contributed by atoms with Crippen LogP contribution < -0.4 is 11.1 Å². The second-order valence-corrected chi connectivity index (χ2v) is 2.38. The van der Waals surface area contributed by atoms with Crippen LogP contribution in [0.5, 0.6) is 0 Å². The zero-order valence-corrected chi connectivity index (χ0v) is 6.49. The lowest BCUT2D eigenvalue weighted by atomic mass is 10.3. The smallest absolute Gasteiger partial charge is 0.129 e. The van der Waals surface area contributed by atoms with Crippen molar-refractivity contribution in [1.29, 1.82) is 0 Å². The van der Waals surface area contributed by atoms with Gasteiger partial charge in [-0.15, -0.1) is 0 Å². The molecule has 4 nitrogen and oxygen atoms in total. The van der Waals surface area contributed by atoms with Gasteiger partial charge in [-0.2, -0.15) is 0 Å². The van der Waals surface area contributed by atoms with Crippen LogP contribution in [0.2, 0.25) is 0 Å². The molecule has 3 N–H and O–H groups in total. The van der Waals surface area contributed by atoms with E-state index in [4.69, 9.17) is 5.73 Å². The summed E-state index contributed by atoms with van der Waals surface area (Å²) >= 11 is 0. The Balaban J connectivity index is 2.51. The highest BCUT2D eigenvalue weighted by molar-refractivity contribution is 5.32. The van der Waals surface area contributed by atoms with Crippen molar-refractivity contribution in [3.63, 3.8) is 0 Å². The van der Waals surface area contributed by atoms with Crippen LogP contribution in [0.3, 0.4) is 0 Å². The fourth-order valence-corrected chi connectivity index (χ4v) is 0.687. The van der Waals surface area contributed by atoms with Gasteiger partial charge in [0, 0.05) is 18.8 Å². The zero-order chi connectivity index (χ0) is 8.10. The Morgan fingerprint density at radius 1 is 1.73 bits per heavy atom. The maximum Gasteiger partial charge on any atom is 0.129 e. The molecule has 1 rings (SSSR count). The highest BCUT2D eigenvalue weighted by Crippen LogP contribution is 1.99. The van der Waals surface area contributed by atoms with Gasteiger partial charge in [0.05, 0.1) is 0 Å². The number of nitrogens with zero attached hydrogens (tertiary/aromatic N) is 2. The van der Waals surface area contributed by atoms with Gasteiger partial charge < -0.3 is 11.1 Å². The third-order valence-electron chi connectivity index (χ3n) is 1.33. The normalized spacial score (nSPS) is 12.5. The van der Waals surface area contributed by atoms with E-state index in [0.717, 1.165) is 5.82 Å². The molecule has 0 amide bonds. The average molecular weight is 152 g/mol. The van der Waals surface area contributed by atoms with Gasteiger partial charge in [-0.3, -0.25) is 0 Å². The van der Waals surface area contributed by atoms with E-state index in [9.17, 15) is 0 Å². The van der Waals surface area contributed by atoms with Crippen LogP contribution in [0.4, 0.5) is 5.82 Å². The quantitative estimate of drug-likeness (QED) is 0.651. The van der Waals surface area contributed by atoms with Crippen molar-refractivity contribution in [1.82, 2.24) is 9.97 Å². The topological polar surface area (TPSA) is 63.8 Å². The first kappa shape index (κ1) is 7.94. The summed E-state index contributed by atoms with van der Waals surface area (Å²) in [4.78, 5) is 7.79. The summed E-state index contributed by atoms with van der Waals surface area (Å²) in [5.74, 6) is 0.818. The summed E-state index contributed by atoms with van der Waals surface area (Å²) < 4.78 is 0. The molecule has 1 aromatic heterocycles. The molecular weight excluding hydrogens is 140 g/mol. The largest absolute Gasteiger partial charge is 0.366 e. The van der Waals surface area contributed by atoms with E-state index in [1.807, 2.05) is 13.0 Å². The Morgan fingerprint density at radius 2 is 2.55 bits per heavy atom. The Labute approximate surface area is 65.9 Å². The molecule has 4 heteroatoms. The number of anilines is 1. The lowest BCUT2D eigenvalue weighted by Gasteiger charge is -2.10. The molecule has 1 unspecified atom stereocenters. The lowest BCUT2D eigenvalue weighted by molar-refractivity contribution is 0.797. The highest BCUT2D eigenvalue weighted by atomic mass is 15.0. The van der Waals surface area contributed by atoms with Crippen LogP contribution in [-0.2, 0) is 0 Å². The molecule has 1 aromatic rings. The molecule has 1 heterocycles. The second kappa shape index (κ2) is 3.88. The summed E-state index contributed by atoms with van der Waals surface area (Å²) in [5.41, 5.74) is 5.41. The van der Waals surface area contributed by atoms with Gasteiger partial charge >= 0.3 is 0 Å². The fourth-order valence-electron chi connectivity index (χ4n) is 0.687. The van der Waals surface area contributed by atoms with Crippen molar-refractivity contribution in [3.05, 3.63) is 18.6 Å². The van der Waals surface area contributed by atoms with Crippen molar-refractivity contribution >= 4 is 5.82 Å². The molecule has 0 saturated heterocycles. The molecule has 0 aliphatic rings. The van der Waals surface area contributed by atoms with Crippen LogP contribution in [-0.4, -0.2) is 22.6 Å². The minimum Gasteiger partial charge on any atom is -0.366 e. The van der Waals surface area contributed by atoms with E-state index in [-0.39, 0.29) is 6.04 Å². The van der Waals surface area contributed by atoms with Gasteiger partial charge in [0.25, 0.3) is 0 Å². The monoisotopic (exact) mass is 152 g/mol. The SMILES string of the molecule is CC(CN)Nc1ccncn1. The molecule has 0 aliphatic carbocycles. The molecular formula is C7H12N4. The van der Waals surface area contributed by atoms with Crippen LogP contribution in [0.1, 0.15) is 6.92 Å². The molecule has 0 spiro atoms. The molecule has 0 saturated carbocycles. The van der Waals surface area contributed by atoms with Crippen molar-refractivity contribution in [3.8, 4) is 0 Å². The number of rotatable bonds is 3. The van der Waals surface area contributed by atoms with Crippen molar-refractivity contribution in [2.24, 2.45) is 5.73 Å². The maximum absolute atomic E-state index is 5.41. The molecule has 0 fully saturated rings. The molecule has 0 bridgehead atoms. The predicted octanol–water partition coefficient (Wildman–Crippen LogP) is 0.236. The second-order valence-electron chi connectivity index (χ2n) is 2.38. The van der Waals surface area contributed by atoms with E-state index < -0.39 is 0 Å². The lowest BCUT2D eigenvalue weighted by Crippen LogP contribution is -2.25. The van der Waals surface area contributed by atoms with Gasteiger partial charge in [0.2, 0.25) is 0 Å². The minimum atomic E-state index is 0.255. The van der Waals surface area contributed by atoms with E-state index in [2.05, 4.69) is 15.3 Å². The molecule has 1 atom stereocenters. The van der Waals surface area contributed by atoms with E-state index in [1.165, 1.54) is 6.33 Å². The first-order chi connectivity index (χ1) is 5.33. The molecule has 0 radical (unpaired) electrons. The van der Waals surface area contributed by atoms with E-state index >= 15 is 0 Å². The first-order valence-electron chi connectivity index (χ1n) is 3.55. The Kier molecular flexibility index (Phi) is 2.80. The van der Waals surface area contributed by atoms with Crippen LogP contribution in [0, 0.1) is 0 Å². The third-order valence-corrected chi connectivity index (χ3v) is 1.33. The molecule has 0 aliphatic heterocycles. The summed E-state index contributed by atoms with van der Waals surface area (Å²) in [6, 6.07) is 2.07. The Hall–Kier alpha value is -1.16. The Bertz CT molecular complexity index is 199. The summed E-state index contributed by atoms with van der Waals surface area (Å²) in [5, 5.41) is 3.12. The minimum absolute atomic E-state index is 0.255. The van der Waals surface area contributed by atoms with Gasteiger partial charge in [0.1, 0.15) is 12.1 Å². The summed E-state index contributed by atoms with van der Waals surface area (Å²) in [7, 11) is 0. The van der Waals surface area contributed by atoms with Gasteiger partial charge in [-0.25, -0.2) is 9.97 Å². The standard InChI is InChI=1S/C7H12N4/c1-6(4-8)11-7-2-3-9-5-10-7/h2-3,5-6H,4,8H2,1H3,(H,9,10,11). The van der Waals surface area contributed by atoms with Gasteiger partial charge in [-0.1, -0.05) is 0 Å².